The molecule has 4 N–H and O–H groups in total. The Bertz CT molecular complexity index is 283. The summed E-state index contributed by atoms with van der Waals surface area (Å²) < 4.78 is 0. The van der Waals surface area contributed by atoms with Crippen LogP contribution in [0.3, 0.4) is 0 Å². The first kappa shape index (κ1) is 24.9. The van der Waals surface area contributed by atoms with E-state index in [2.05, 4.69) is 0 Å². The Morgan fingerprint density at radius 2 is 0.667 bits per heavy atom. The smallest absolute Gasteiger partial charge is 0.545 e. The monoisotopic (exact) mass is 302 g/mol. The molecular formula is C8H8FeNO8. The van der Waals surface area contributed by atoms with Gasteiger partial charge in [0.15, 0.2) is 0 Å². The summed E-state index contributed by atoms with van der Waals surface area (Å²) in [6.45, 7) is 0. The molecule has 9 nitrogen and oxygen atoms in total. The number of rotatable bonds is 4. The fourth-order valence-electron chi connectivity index (χ4n) is 0.272. The van der Waals surface area contributed by atoms with Crippen LogP contribution >= 0.6 is 0 Å². The third kappa shape index (κ3) is 37.1. The Labute approximate surface area is 111 Å². The fraction of sp³-hybridized carbons (Fsp3) is 0. The van der Waals surface area contributed by atoms with Crippen molar-refractivity contribution in [2.75, 3.05) is 0 Å². The number of quaternary nitrogens is 1. The van der Waals surface area contributed by atoms with Crippen molar-refractivity contribution in [2.24, 2.45) is 0 Å². The number of aliphatic carboxylic acids is 4. The molecule has 0 amide bonds. The summed E-state index contributed by atoms with van der Waals surface area (Å²) in [4.78, 5) is 37.7. The molecule has 0 bridgehead atoms. The molecule has 10 heteroatoms. The molecule has 0 saturated heterocycles. The number of carboxylic acids is 4. The van der Waals surface area contributed by atoms with E-state index >= 15 is 0 Å². The number of carboxylic acid groups (broad SMARTS) is 4. The van der Waals surface area contributed by atoms with E-state index in [1.165, 1.54) is 0 Å². The first-order valence-electron chi connectivity index (χ1n) is 3.45. The largest absolute Gasteiger partial charge is 3.00 e. The van der Waals surface area contributed by atoms with Crippen molar-refractivity contribution < 1.29 is 56.7 Å². The summed E-state index contributed by atoms with van der Waals surface area (Å²) in [5.41, 5.74) is 0. The van der Waals surface area contributed by atoms with Crippen LogP contribution in [0.25, 0.3) is 0 Å². The number of hydrogen-bond acceptors (Lipinski definition) is 8. The fourth-order valence-corrected chi connectivity index (χ4v) is 0.272. The molecule has 0 aliphatic rings. The molecule has 0 atom stereocenters. The third-order valence-electron chi connectivity index (χ3n) is 0.711. The van der Waals surface area contributed by atoms with Gasteiger partial charge in [-0.25, -0.2) is 0 Å². The standard InChI is InChI=1S/2C4H4O4.Fe.H3N/c2*5-3(6)1-2-4(7)8;;/h2*1-2H,(H,5,6)(H,7,8);;1H3/q;;+3;/p-3/b2*2-1-;;. The van der Waals surface area contributed by atoms with Crippen molar-refractivity contribution in [2.45, 2.75) is 0 Å². The molecule has 101 valence electrons. The summed E-state index contributed by atoms with van der Waals surface area (Å²) in [6, 6.07) is 0. The molecule has 0 unspecified atom stereocenters. The Kier molecular flexibility index (Phi) is 20.5. The molecule has 0 aliphatic heterocycles. The maximum atomic E-state index is 9.41. The van der Waals surface area contributed by atoms with E-state index in [0.717, 1.165) is 0 Å². The Balaban J connectivity index is -0.0000000980. The van der Waals surface area contributed by atoms with Gasteiger partial charge in [0.25, 0.3) is 0 Å². The molecule has 0 aromatic rings. The van der Waals surface area contributed by atoms with Crippen molar-refractivity contribution in [1.29, 1.82) is 0 Å². The van der Waals surface area contributed by atoms with Gasteiger partial charge in [-0.1, -0.05) is 0 Å². The van der Waals surface area contributed by atoms with Crippen molar-refractivity contribution in [3.63, 3.8) is 0 Å². The van der Waals surface area contributed by atoms with Crippen LogP contribution in [0.5, 0.6) is 0 Å². The molecule has 18 heavy (non-hydrogen) atoms. The Morgan fingerprint density at radius 3 is 0.722 bits per heavy atom. The van der Waals surface area contributed by atoms with Crippen LogP contribution in [0.1, 0.15) is 0 Å². The molecule has 0 saturated carbocycles. The van der Waals surface area contributed by atoms with Gasteiger partial charge in [0.05, 0.1) is 23.9 Å². The predicted molar refractivity (Wildman–Crippen MR) is 44.3 cm³/mol. The molecule has 0 aromatic heterocycles. The summed E-state index contributed by atoms with van der Waals surface area (Å²) in [6.07, 6.45) is 1.54. The Hall–Kier alpha value is -2.16. The number of carbonyl (C=O) groups excluding carboxylic acids is 4. The van der Waals surface area contributed by atoms with E-state index in [1.807, 2.05) is 0 Å². The van der Waals surface area contributed by atoms with Gasteiger partial charge in [0, 0.05) is 0 Å². The van der Waals surface area contributed by atoms with Gasteiger partial charge < -0.3 is 45.8 Å². The average Bonchev–Trinajstić information content (AvgIpc) is 2.12. The second kappa shape index (κ2) is 14.8. The summed E-state index contributed by atoms with van der Waals surface area (Å²) in [5, 5.41) is 37.7. The quantitative estimate of drug-likeness (QED) is 0.391. The second-order valence-corrected chi connectivity index (χ2v) is 1.94. The molecule has 0 heterocycles. The summed E-state index contributed by atoms with van der Waals surface area (Å²) >= 11 is 0. The van der Waals surface area contributed by atoms with Crippen molar-refractivity contribution >= 4 is 23.9 Å². The van der Waals surface area contributed by atoms with Crippen LogP contribution in [0, 0.1) is 0 Å². The first-order valence-corrected chi connectivity index (χ1v) is 3.45. The van der Waals surface area contributed by atoms with Gasteiger partial charge >= 0.3 is 17.1 Å². The van der Waals surface area contributed by atoms with Crippen LogP contribution < -0.4 is 26.6 Å². The van der Waals surface area contributed by atoms with Gasteiger partial charge in [0.1, 0.15) is 0 Å². The van der Waals surface area contributed by atoms with Crippen molar-refractivity contribution in [1.82, 2.24) is 6.15 Å². The SMILES string of the molecule is O=C([O-])/C=C\C(=O)[O-].O=C([O-])/C=C\C(=O)[O-].[Fe+3].[NH4+]. The second-order valence-electron chi connectivity index (χ2n) is 1.94. The van der Waals surface area contributed by atoms with Gasteiger partial charge in [-0.2, -0.15) is 0 Å². The van der Waals surface area contributed by atoms with Gasteiger partial charge in [-0.3, -0.25) is 0 Å². The minimum atomic E-state index is -1.55. The van der Waals surface area contributed by atoms with Crippen molar-refractivity contribution in [3.05, 3.63) is 24.3 Å². The maximum Gasteiger partial charge on any atom is 3.00 e. The van der Waals surface area contributed by atoms with Crippen LogP contribution in [-0.4, -0.2) is 23.9 Å². The molecule has 1 radical (unpaired) electrons. The van der Waals surface area contributed by atoms with E-state index in [4.69, 9.17) is 0 Å². The minimum absolute atomic E-state index is 0. The van der Waals surface area contributed by atoms with Gasteiger partial charge in [-0.15, -0.1) is 0 Å². The summed E-state index contributed by atoms with van der Waals surface area (Å²) in [7, 11) is 0. The topological polar surface area (TPSA) is 197 Å². The first-order chi connectivity index (χ1) is 7.25. The summed E-state index contributed by atoms with van der Waals surface area (Å²) in [5.74, 6) is -6.19. The van der Waals surface area contributed by atoms with Crippen LogP contribution in [0.15, 0.2) is 24.3 Å². The predicted octanol–water partition coefficient (Wildman–Crippen LogP) is -5.54. The van der Waals surface area contributed by atoms with Gasteiger partial charge in [0.2, 0.25) is 0 Å². The van der Waals surface area contributed by atoms with Crippen LogP contribution in [-0.2, 0) is 36.2 Å². The molecule has 0 rings (SSSR count). The molecule has 0 aliphatic carbocycles. The minimum Gasteiger partial charge on any atom is -0.545 e. The molecule has 0 spiro atoms. The zero-order valence-corrected chi connectivity index (χ0v) is 10.0. The number of carbonyl (C=O) groups is 4. The van der Waals surface area contributed by atoms with E-state index in [1.54, 1.807) is 0 Å². The van der Waals surface area contributed by atoms with Gasteiger partial charge in [-0.05, 0) is 24.3 Å². The zero-order chi connectivity index (χ0) is 13.1. The third-order valence-corrected chi connectivity index (χ3v) is 0.711. The van der Waals surface area contributed by atoms with Crippen LogP contribution in [0.4, 0.5) is 0 Å². The van der Waals surface area contributed by atoms with Crippen LogP contribution in [0.2, 0.25) is 0 Å². The normalized spacial score (nSPS) is 8.44. The molecular weight excluding hydrogens is 294 g/mol. The number of hydrogen-bond donors (Lipinski definition) is 1. The van der Waals surface area contributed by atoms with Crippen molar-refractivity contribution in [3.8, 4) is 0 Å². The Morgan fingerprint density at radius 1 is 0.556 bits per heavy atom. The van der Waals surface area contributed by atoms with E-state index in [-0.39, 0.29) is 23.2 Å². The maximum absolute atomic E-state index is 9.41. The molecule has 0 fully saturated rings. The zero-order valence-electron chi connectivity index (χ0n) is 8.93. The van der Waals surface area contributed by atoms with E-state index in [0.29, 0.717) is 24.3 Å². The molecule has 0 aromatic carbocycles. The average molecular weight is 302 g/mol. The van der Waals surface area contributed by atoms with E-state index < -0.39 is 23.9 Å². The van der Waals surface area contributed by atoms with E-state index in [9.17, 15) is 39.6 Å².